The number of para-hydroxylation sites is 2. The van der Waals surface area contributed by atoms with Crippen molar-refractivity contribution in [3.05, 3.63) is 126 Å². The summed E-state index contributed by atoms with van der Waals surface area (Å²) in [4.78, 5) is 45.2. The molecule has 0 unspecified atom stereocenters. The highest BCUT2D eigenvalue weighted by molar-refractivity contribution is 5.92. The number of fused-ring (bicyclic) bond motifs is 5. The van der Waals surface area contributed by atoms with Crippen molar-refractivity contribution in [3.63, 3.8) is 0 Å². The quantitative estimate of drug-likeness (QED) is 0.229. The van der Waals surface area contributed by atoms with E-state index in [1.165, 1.54) is 0 Å². The van der Waals surface area contributed by atoms with E-state index < -0.39 is 24.0 Å². The molecule has 3 N–H and O–H groups in total. The molecule has 0 saturated heterocycles. The highest BCUT2D eigenvalue weighted by Crippen LogP contribution is 2.28. The van der Waals surface area contributed by atoms with Gasteiger partial charge in [0.25, 0.3) is 0 Å². The molecule has 9 heteroatoms. The number of aryl methyl sites for hydroxylation is 1. The van der Waals surface area contributed by atoms with E-state index in [-0.39, 0.29) is 24.7 Å². The van der Waals surface area contributed by atoms with Gasteiger partial charge in [-0.1, -0.05) is 73.7 Å². The van der Waals surface area contributed by atoms with Gasteiger partial charge in [-0.25, -0.2) is 4.98 Å². The van der Waals surface area contributed by atoms with E-state index in [0.717, 1.165) is 16.7 Å². The van der Waals surface area contributed by atoms with Crippen molar-refractivity contribution >= 4 is 28.8 Å². The molecule has 0 spiro atoms. The van der Waals surface area contributed by atoms with E-state index in [4.69, 9.17) is 14.1 Å². The van der Waals surface area contributed by atoms with Gasteiger partial charge >= 0.3 is 0 Å². The van der Waals surface area contributed by atoms with Crippen LogP contribution in [0.1, 0.15) is 48.4 Å². The smallest absolute Gasteiger partial charge is 0.243 e. The first-order valence-corrected chi connectivity index (χ1v) is 15.6. The standard InChI is InChI=1S/C37H36N4O5/c1-2-34(42)38-31-22-25-12-8-14-27(20-25)45-28-15-9-13-26(21-28)23-32(37-41-29-16-6-7-17-33(29)46-37)40-35(43)30(39-36(31)44)19-18-24-10-4-3-5-11-24/h3-17,20-21,30-32H,2,18-19,22-23H2,1H3,(H,38,42)(H,39,44)(H,40,43)/t30-,31-,32-/m0/s1. The third-order valence-corrected chi connectivity index (χ3v) is 8.01. The predicted molar refractivity (Wildman–Crippen MR) is 174 cm³/mol. The Morgan fingerprint density at radius 2 is 1.52 bits per heavy atom. The zero-order chi connectivity index (χ0) is 31.9. The molecule has 0 radical (unpaired) electrons. The third kappa shape index (κ3) is 7.61. The SMILES string of the molecule is CCC(=O)N[C@H]1Cc2cccc(c2)Oc2cccc(c2)C[C@@H](c2nc3ccccc3o2)NC(=O)[C@H](CCc2ccccc2)NC1=O. The Kier molecular flexibility index (Phi) is 9.38. The van der Waals surface area contributed by atoms with Crippen LogP contribution in [-0.2, 0) is 33.6 Å². The van der Waals surface area contributed by atoms with Crippen molar-refractivity contribution in [1.29, 1.82) is 0 Å². The molecule has 6 rings (SSSR count). The molecule has 4 aromatic carbocycles. The van der Waals surface area contributed by atoms with Crippen LogP contribution in [0.3, 0.4) is 0 Å². The fourth-order valence-corrected chi connectivity index (χ4v) is 5.59. The molecular formula is C37H36N4O5. The largest absolute Gasteiger partial charge is 0.457 e. The Hall–Kier alpha value is -5.44. The molecule has 234 valence electrons. The molecule has 2 heterocycles. The summed E-state index contributed by atoms with van der Waals surface area (Å²) in [6.07, 6.45) is 1.69. The minimum absolute atomic E-state index is 0.216. The summed E-state index contributed by atoms with van der Waals surface area (Å²) >= 11 is 0. The summed E-state index contributed by atoms with van der Waals surface area (Å²) in [5, 5.41) is 8.93. The van der Waals surface area contributed by atoms with Gasteiger partial charge in [0, 0.05) is 19.3 Å². The summed E-state index contributed by atoms with van der Waals surface area (Å²) in [6.45, 7) is 1.73. The van der Waals surface area contributed by atoms with Gasteiger partial charge in [0.15, 0.2) is 5.58 Å². The van der Waals surface area contributed by atoms with E-state index in [1.54, 1.807) is 6.92 Å². The number of benzene rings is 4. The molecule has 0 aliphatic carbocycles. The molecule has 0 fully saturated rings. The summed E-state index contributed by atoms with van der Waals surface area (Å²) < 4.78 is 12.3. The monoisotopic (exact) mass is 616 g/mol. The first kappa shape index (κ1) is 30.6. The molecule has 3 amide bonds. The molecule has 4 bridgehead atoms. The number of ether oxygens (including phenoxy) is 1. The average molecular weight is 617 g/mol. The maximum atomic E-state index is 14.1. The first-order valence-electron chi connectivity index (χ1n) is 15.6. The molecule has 5 aromatic rings. The van der Waals surface area contributed by atoms with Crippen molar-refractivity contribution in [3.8, 4) is 11.5 Å². The zero-order valence-electron chi connectivity index (χ0n) is 25.6. The second kappa shape index (κ2) is 14.1. The number of rotatable bonds is 6. The molecular weight excluding hydrogens is 580 g/mol. The number of hydrogen-bond acceptors (Lipinski definition) is 6. The van der Waals surface area contributed by atoms with Crippen molar-refractivity contribution in [2.45, 2.75) is 57.2 Å². The Morgan fingerprint density at radius 3 is 2.24 bits per heavy atom. The lowest BCUT2D eigenvalue weighted by Crippen LogP contribution is -2.55. The van der Waals surface area contributed by atoms with Gasteiger partial charge in [-0.3, -0.25) is 14.4 Å². The summed E-state index contributed by atoms with van der Waals surface area (Å²) in [5.74, 6) is 0.498. The lowest BCUT2D eigenvalue weighted by atomic mass is 10.0. The van der Waals surface area contributed by atoms with Gasteiger partial charge in [-0.2, -0.15) is 0 Å². The van der Waals surface area contributed by atoms with E-state index in [2.05, 4.69) is 16.0 Å². The number of aromatic nitrogens is 1. The van der Waals surface area contributed by atoms with Gasteiger partial charge in [0.05, 0.1) is 0 Å². The number of hydrogen-bond donors (Lipinski definition) is 3. The fraction of sp³-hybridized carbons (Fsp3) is 0.243. The molecule has 1 aliphatic rings. The molecule has 1 aliphatic heterocycles. The topological polar surface area (TPSA) is 123 Å². The molecule has 3 atom stereocenters. The second-order valence-electron chi connectivity index (χ2n) is 11.4. The van der Waals surface area contributed by atoms with Crippen LogP contribution >= 0.6 is 0 Å². The summed E-state index contributed by atoms with van der Waals surface area (Å²) in [5.41, 5.74) is 4.04. The first-order chi connectivity index (χ1) is 22.4. The van der Waals surface area contributed by atoms with Gasteiger partial charge in [-0.15, -0.1) is 0 Å². The van der Waals surface area contributed by atoms with Crippen LogP contribution in [0.15, 0.2) is 108 Å². The normalized spacial score (nSPS) is 18.7. The second-order valence-corrected chi connectivity index (χ2v) is 11.4. The lowest BCUT2D eigenvalue weighted by molar-refractivity contribution is -0.132. The van der Waals surface area contributed by atoms with Crippen LogP contribution in [0.25, 0.3) is 11.1 Å². The summed E-state index contributed by atoms with van der Waals surface area (Å²) in [6, 6.07) is 29.9. The van der Waals surface area contributed by atoms with Crippen LogP contribution in [0.2, 0.25) is 0 Å². The highest BCUT2D eigenvalue weighted by Gasteiger charge is 2.30. The lowest BCUT2D eigenvalue weighted by Gasteiger charge is -2.25. The number of oxazole rings is 1. The van der Waals surface area contributed by atoms with E-state index in [0.29, 0.717) is 47.8 Å². The third-order valence-electron chi connectivity index (χ3n) is 8.01. The van der Waals surface area contributed by atoms with Crippen molar-refractivity contribution in [2.75, 3.05) is 0 Å². The van der Waals surface area contributed by atoms with Crippen molar-refractivity contribution in [2.24, 2.45) is 0 Å². The molecule has 46 heavy (non-hydrogen) atoms. The Morgan fingerprint density at radius 1 is 0.826 bits per heavy atom. The van der Waals surface area contributed by atoms with Crippen LogP contribution in [0, 0.1) is 0 Å². The molecule has 9 nitrogen and oxygen atoms in total. The highest BCUT2D eigenvalue weighted by atomic mass is 16.5. The average Bonchev–Trinajstić information content (AvgIpc) is 3.51. The number of nitrogens with zero attached hydrogens (tertiary/aromatic N) is 1. The molecule has 0 saturated carbocycles. The predicted octanol–water partition coefficient (Wildman–Crippen LogP) is 5.59. The molecule has 1 aromatic heterocycles. The minimum Gasteiger partial charge on any atom is -0.457 e. The van der Waals surface area contributed by atoms with Crippen molar-refractivity contribution in [1.82, 2.24) is 20.9 Å². The Bertz CT molecular complexity index is 1800. The van der Waals surface area contributed by atoms with Gasteiger partial charge in [0.2, 0.25) is 23.6 Å². The zero-order valence-corrected chi connectivity index (χ0v) is 25.6. The maximum Gasteiger partial charge on any atom is 0.243 e. The van der Waals surface area contributed by atoms with Gasteiger partial charge in [0.1, 0.15) is 35.1 Å². The van der Waals surface area contributed by atoms with Crippen LogP contribution in [-0.4, -0.2) is 34.8 Å². The van der Waals surface area contributed by atoms with E-state index >= 15 is 0 Å². The fourth-order valence-electron chi connectivity index (χ4n) is 5.59. The van der Waals surface area contributed by atoms with E-state index in [1.807, 2.05) is 103 Å². The number of amides is 3. The van der Waals surface area contributed by atoms with Gasteiger partial charge in [-0.05, 0) is 65.9 Å². The minimum atomic E-state index is -0.904. The number of nitrogens with one attached hydrogen (secondary N) is 3. The number of carbonyl (C=O) groups is 3. The van der Waals surface area contributed by atoms with Crippen LogP contribution in [0.4, 0.5) is 0 Å². The summed E-state index contributed by atoms with van der Waals surface area (Å²) in [7, 11) is 0. The van der Waals surface area contributed by atoms with Crippen molar-refractivity contribution < 1.29 is 23.5 Å². The van der Waals surface area contributed by atoms with Crippen LogP contribution in [0.5, 0.6) is 11.5 Å². The van der Waals surface area contributed by atoms with Crippen LogP contribution < -0.4 is 20.7 Å². The Labute approximate surface area is 267 Å². The number of carbonyl (C=O) groups excluding carboxylic acids is 3. The van der Waals surface area contributed by atoms with E-state index in [9.17, 15) is 14.4 Å². The Balaban J connectivity index is 1.39. The maximum absolute atomic E-state index is 14.1. The van der Waals surface area contributed by atoms with Gasteiger partial charge < -0.3 is 25.1 Å².